The molecule has 1 aromatic heterocycles. The Morgan fingerprint density at radius 1 is 1.60 bits per heavy atom. The molecule has 0 aromatic carbocycles. The average Bonchev–Trinajstić information content (AvgIpc) is 2.92. The van der Waals surface area contributed by atoms with Crippen LogP contribution in [0, 0.1) is 5.92 Å². The largest absolute Gasteiger partial charge is 0.393 e. The van der Waals surface area contributed by atoms with Gasteiger partial charge in [-0.25, -0.2) is 0 Å². The summed E-state index contributed by atoms with van der Waals surface area (Å²) in [5.74, 6) is 0.791. The molecule has 1 aromatic rings. The molecular weight excluding hydrogens is 188 g/mol. The highest BCUT2D eigenvalue weighted by Crippen LogP contribution is 2.34. The van der Waals surface area contributed by atoms with Crippen LogP contribution in [0.3, 0.4) is 0 Å². The second-order valence-electron chi connectivity index (χ2n) is 4.64. The van der Waals surface area contributed by atoms with Crippen LogP contribution in [0.4, 0.5) is 0 Å². The number of rotatable bonds is 5. The predicted octanol–water partition coefficient (Wildman–Crippen LogP) is 1.69. The number of aliphatic hydroxyl groups is 1. The fourth-order valence-electron chi connectivity index (χ4n) is 2.00. The van der Waals surface area contributed by atoms with E-state index in [9.17, 15) is 5.11 Å². The Morgan fingerprint density at radius 3 is 2.87 bits per heavy atom. The van der Waals surface area contributed by atoms with E-state index in [4.69, 9.17) is 0 Å². The zero-order valence-corrected chi connectivity index (χ0v) is 9.61. The molecule has 15 heavy (non-hydrogen) atoms. The second kappa shape index (κ2) is 4.35. The quantitative estimate of drug-likeness (QED) is 0.799. The number of hydrogen-bond donors (Lipinski definition) is 1. The molecule has 0 amide bonds. The molecule has 1 aliphatic carbocycles. The summed E-state index contributed by atoms with van der Waals surface area (Å²) in [4.78, 5) is 0. The minimum absolute atomic E-state index is 0.183. The highest BCUT2D eigenvalue weighted by atomic mass is 16.3. The van der Waals surface area contributed by atoms with Crippen molar-refractivity contribution in [2.75, 3.05) is 0 Å². The van der Waals surface area contributed by atoms with Gasteiger partial charge in [-0.1, -0.05) is 19.8 Å². The zero-order valence-electron chi connectivity index (χ0n) is 9.61. The van der Waals surface area contributed by atoms with Crippen molar-refractivity contribution in [1.82, 2.24) is 9.78 Å². The first-order chi connectivity index (χ1) is 7.19. The standard InChI is InChI=1S/C12H20N2O/c1-3-10-7-11(14(2)13-10)8-12(15)6-9-4-5-9/h7,9,12,15H,3-6,8H2,1-2H3. The van der Waals surface area contributed by atoms with Crippen molar-refractivity contribution in [3.63, 3.8) is 0 Å². The van der Waals surface area contributed by atoms with E-state index < -0.39 is 0 Å². The summed E-state index contributed by atoms with van der Waals surface area (Å²) in [6.07, 6.45) is 5.11. The molecule has 84 valence electrons. The molecule has 1 saturated carbocycles. The van der Waals surface area contributed by atoms with Crippen LogP contribution in [0.2, 0.25) is 0 Å². The van der Waals surface area contributed by atoms with E-state index in [1.807, 2.05) is 11.7 Å². The topological polar surface area (TPSA) is 38.0 Å². The molecule has 1 atom stereocenters. The monoisotopic (exact) mass is 208 g/mol. The van der Waals surface area contributed by atoms with Crippen molar-refractivity contribution in [2.45, 2.75) is 45.1 Å². The molecule has 0 radical (unpaired) electrons. The normalized spacial score (nSPS) is 18.1. The van der Waals surface area contributed by atoms with Crippen LogP contribution in [-0.4, -0.2) is 21.0 Å². The summed E-state index contributed by atoms with van der Waals surface area (Å²) >= 11 is 0. The van der Waals surface area contributed by atoms with Crippen molar-refractivity contribution in [1.29, 1.82) is 0 Å². The predicted molar refractivity (Wildman–Crippen MR) is 59.6 cm³/mol. The smallest absolute Gasteiger partial charge is 0.0624 e. The maximum Gasteiger partial charge on any atom is 0.0624 e. The van der Waals surface area contributed by atoms with Gasteiger partial charge in [0.2, 0.25) is 0 Å². The van der Waals surface area contributed by atoms with Gasteiger partial charge < -0.3 is 5.11 Å². The third kappa shape index (κ3) is 2.81. The summed E-state index contributed by atoms with van der Waals surface area (Å²) < 4.78 is 1.90. The van der Waals surface area contributed by atoms with Crippen LogP contribution in [-0.2, 0) is 19.9 Å². The van der Waals surface area contributed by atoms with Gasteiger partial charge in [-0.2, -0.15) is 5.10 Å². The van der Waals surface area contributed by atoms with Gasteiger partial charge in [-0.3, -0.25) is 4.68 Å². The van der Waals surface area contributed by atoms with Gasteiger partial charge in [0, 0.05) is 19.2 Å². The number of aryl methyl sites for hydroxylation is 2. The van der Waals surface area contributed by atoms with Crippen molar-refractivity contribution in [3.8, 4) is 0 Å². The second-order valence-corrected chi connectivity index (χ2v) is 4.64. The van der Waals surface area contributed by atoms with Gasteiger partial charge in [-0.15, -0.1) is 0 Å². The fraction of sp³-hybridized carbons (Fsp3) is 0.750. The molecule has 3 nitrogen and oxygen atoms in total. The molecule has 0 aliphatic heterocycles. The van der Waals surface area contributed by atoms with Crippen LogP contribution in [0.1, 0.15) is 37.6 Å². The Kier molecular flexibility index (Phi) is 3.10. The molecule has 0 bridgehead atoms. The van der Waals surface area contributed by atoms with E-state index in [1.54, 1.807) is 0 Å². The molecule has 1 heterocycles. The van der Waals surface area contributed by atoms with Crippen LogP contribution >= 0.6 is 0 Å². The lowest BCUT2D eigenvalue weighted by Crippen LogP contribution is -2.13. The third-order valence-corrected chi connectivity index (χ3v) is 3.14. The zero-order chi connectivity index (χ0) is 10.8. The summed E-state index contributed by atoms with van der Waals surface area (Å²) in [6, 6.07) is 2.11. The summed E-state index contributed by atoms with van der Waals surface area (Å²) in [6.45, 7) is 2.10. The molecule has 1 fully saturated rings. The van der Waals surface area contributed by atoms with Crippen molar-refractivity contribution in [3.05, 3.63) is 17.5 Å². The SMILES string of the molecule is CCc1cc(CC(O)CC2CC2)n(C)n1. The third-order valence-electron chi connectivity index (χ3n) is 3.14. The lowest BCUT2D eigenvalue weighted by Gasteiger charge is -2.09. The van der Waals surface area contributed by atoms with Crippen LogP contribution in [0.25, 0.3) is 0 Å². The van der Waals surface area contributed by atoms with E-state index in [0.29, 0.717) is 0 Å². The summed E-state index contributed by atoms with van der Waals surface area (Å²) in [5.41, 5.74) is 2.27. The molecule has 1 unspecified atom stereocenters. The Balaban J connectivity index is 1.92. The van der Waals surface area contributed by atoms with Crippen LogP contribution < -0.4 is 0 Å². The van der Waals surface area contributed by atoms with Crippen molar-refractivity contribution in [2.24, 2.45) is 13.0 Å². The Bertz CT molecular complexity index is 328. The maximum atomic E-state index is 9.88. The molecule has 1 N–H and O–H groups in total. The summed E-state index contributed by atoms with van der Waals surface area (Å²) in [7, 11) is 1.96. The number of nitrogens with zero attached hydrogens (tertiary/aromatic N) is 2. The number of aliphatic hydroxyl groups excluding tert-OH is 1. The van der Waals surface area contributed by atoms with Crippen LogP contribution in [0.5, 0.6) is 0 Å². The van der Waals surface area contributed by atoms with E-state index in [2.05, 4.69) is 18.1 Å². The Labute approximate surface area is 91.1 Å². The Morgan fingerprint density at radius 2 is 2.33 bits per heavy atom. The molecule has 0 spiro atoms. The molecular formula is C12H20N2O. The van der Waals surface area contributed by atoms with E-state index >= 15 is 0 Å². The van der Waals surface area contributed by atoms with Gasteiger partial charge in [0.15, 0.2) is 0 Å². The van der Waals surface area contributed by atoms with E-state index in [-0.39, 0.29) is 6.10 Å². The highest BCUT2D eigenvalue weighted by Gasteiger charge is 2.25. The number of hydrogen-bond acceptors (Lipinski definition) is 2. The van der Waals surface area contributed by atoms with Crippen molar-refractivity contribution < 1.29 is 5.11 Å². The lowest BCUT2D eigenvalue weighted by atomic mass is 10.1. The summed E-state index contributed by atoms with van der Waals surface area (Å²) in [5, 5.41) is 14.3. The van der Waals surface area contributed by atoms with Gasteiger partial charge in [0.1, 0.15) is 0 Å². The lowest BCUT2D eigenvalue weighted by molar-refractivity contribution is 0.155. The Hall–Kier alpha value is -0.830. The minimum atomic E-state index is -0.183. The molecule has 0 saturated heterocycles. The van der Waals surface area contributed by atoms with Gasteiger partial charge in [0.05, 0.1) is 11.8 Å². The van der Waals surface area contributed by atoms with E-state index in [0.717, 1.165) is 36.6 Å². The van der Waals surface area contributed by atoms with Gasteiger partial charge in [-0.05, 0) is 24.8 Å². The maximum absolute atomic E-state index is 9.88. The molecule has 3 heteroatoms. The first kappa shape index (κ1) is 10.7. The van der Waals surface area contributed by atoms with Crippen molar-refractivity contribution >= 4 is 0 Å². The van der Waals surface area contributed by atoms with Gasteiger partial charge >= 0.3 is 0 Å². The number of aromatic nitrogens is 2. The van der Waals surface area contributed by atoms with Crippen LogP contribution in [0.15, 0.2) is 6.07 Å². The molecule has 2 rings (SSSR count). The van der Waals surface area contributed by atoms with E-state index in [1.165, 1.54) is 12.8 Å². The first-order valence-corrected chi connectivity index (χ1v) is 5.89. The highest BCUT2D eigenvalue weighted by molar-refractivity contribution is 5.11. The van der Waals surface area contributed by atoms with Gasteiger partial charge in [0.25, 0.3) is 0 Å². The average molecular weight is 208 g/mol. The molecule has 1 aliphatic rings. The fourth-order valence-corrected chi connectivity index (χ4v) is 2.00. The minimum Gasteiger partial charge on any atom is -0.393 e. The first-order valence-electron chi connectivity index (χ1n) is 5.89.